The average molecular weight is 327 g/mol. The Balaban J connectivity index is 3.12. The lowest BCUT2D eigenvalue weighted by atomic mass is 10.2. The summed E-state index contributed by atoms with van der Waals surface area (Å²) in [5, 5.41) is 8.71. The Kier molecular flexibility index (Phi) is 7.26. The van der Waals surface area contributed by atoms with E-state index >= 15 is 0 Å². The highest BCUT2D eigenvalue weighted by Gasteiger charge is 2.26. The van der Waals surface area contributed by atoms with Gasteiger partial charge < -0.3 is 5.11 Å². The van der Waals surface area contributed by atoms with Gasteiger partial charge in [0.25, 0.3) is 0 Å². The molecule has 0 aliphatic heterocycles. The van der Waals surface area contributed by atoms with Crippen molar-refractivity contribution < 1.29 is 13.5 Å². The zero-order chi connectivity index (χ0) is 15.9. The number of benzene rings is 1. The molecule has 1 aromatic carbocycles. The third-order valence-electron chi connectivity index (χ3n) is 3.17. The summed E-state index contributed by atoms with van der Waals surface area (Å²) in [5.41, 5.74) is 0.580. The first-order chi connectivity index (χ1) is 9.97. The summed E-state index contributed by atoms with van der Waals surface area (Å²) in [7, 11) is -1.91. The van der Waals surface area contributed by atoms with Gasteiger partial charge in [-0.05, 0) is 30.9 Å². The molecule has 1 rings (SSSR count). The molecule has 0 saturated heterocycles. The van der Waals surface area contributed by atoms with Crippen molar-refractivity contribution in [1.29, 1.82) is 0 Å². The largest absolute Gasteiger partial charge is 0.384 e. The van der Waals surface area contributed by atoms with Gasteiger partial charge in [-0.3, -0.25) is 0 Å². The number of rotatable bonds is 6. The highest BCUT2D eigenvalue weighted by molar-refractivity contribution is 7.98. The molecule has 21 heavy (non-hydrogen) atoms. The van der Waals surface area contributed by atoms with Gasteiger partial charge in [-0.25, -0.2) is 8.42 Å². The van der Waals surface area contributed by atoms with Crippen LogP contribution in [0.5, 0.6) is 0 Å². The first kappa shape index (κ1) is 18.1. The predicted molar refractivity (Wildman–Crippen MR) is 87.8 cm³/mol. The van der Waals surface area contributed by atoms with Crippen molar-refractivity contribution in [2.75, 3.05) is 25.7 Å². The van der Waals surface area contributed by atoms with E-state index in [0.29, 0.717) is 5.56 Å². The molecule has 0 saturated carbocycles. The molecule has 4 nitrogen and oxygen atoms in total. The zero-order valence-corrected chi connectivity index (χ0v) is 14.2. The topological polar surface area (TPSA) is 57.6 Å². The molecule has 0 aliphatic carbocycles. The molecule has 0 spiro atoms. The van der Waals surface area contributed by atoms with Crippen LogP contribution in [0, 0.1) is 11.8 Å². The second kappa shape index (κ2) is 8.44. The summed E-state index contributed by atoms with van der Waals surface area (Å²) in [6.07, 6.45) is 2.73. The third kappa shape index (κ3) is 4.75. The van der Waals surface area contributed by atoms with E-state index in [4.69, 9.17) is 5.11 Å². The number of thioether (sulfide) groups is 1. The Hall–Kier alpha value is -1.00. The van der Waals surface area contributed by atoms with Gasteiger partial charge in [0.05, 0.1) is 4.90 Å². The molecule has 0 amide bonds. The fraction of sp³-hybridized carbons (Fsp3) is 0.467. The van der Waals surface area contributed by atoms with Gasteiger partial charge in [-0.15, -0.1) is 0 Å². The van der Waals surface area contributed by atoms with E-state index in [1.54, 1.807) is 43.1 Å². The second-order valence-electron chi connectivity index (χ2n) is 4.53. The SMILES string of the molecule is CCC(CSC)N(C)S(=O)(=O)c1cccc(C#CCO)c1. The molecule has 1 N–H and O–H groups in total. The van der Waals surface area contributed by atoms with Crippen LogP contribution in [-0.4, -0.2) is 49.5 Å². The molecule has 0 bridgehead atoms. The highest BCUT2D eigenvalue weighted by Crippen LogP contribution is 2.20. The Labute approximate surface area is 131 Å². The number of hydrogen-bond acceptors (Lipinski definition) is 4. The summed E-state index contributed by atoms with van der Waals surface area (Å²) in [6, 6.07) is 6.47. The van der Waals surface area contributed by atoms with Crippen molar-refractivity contribution in [1.82, 2.24) is 4.31 Å². The van der Waals surface area contributed by atoms with Gasteiger partial charge in [0, 0.05) is 24.4 Å². The average Bonchev–Trinajstić information content (AvgIpc) is 2.50. The Morgan fingerprint density at radius 3 is 2.71 bits per heavy atom. The van der Waals surface area contributed by atoms with Crippen LogP contribution in [0.2, 0.25) is 0 Å². The van der Waals surface area contributed by atoms with E-state index in [0.717, 1.165) is 12.2 Å². The van der Waals surface area contributed by atoms with E-state index in [1.807, 2.05) is 13.2 Å². The molecular formula is C15H21NO3S2. The van der Waals surface area contributed by atoms with E-state index in [9.17, 15) is 8.42 Å². The minimum Gasteiger partial charge on any atom is -0.384 e. The standard InChI is InChI=1S/C15H21NO3S2/c1-4-14(12-20-3)16(2)21(18,19)15-9-5-7-13(11-15)8-6-10-17/h5,7,9,11,14,17H,4,10,12H2,1-3H3. The summed E-state index contributed by atoms with van der Waals surface area (Å²) >= 11 is 1.63. The van der Waals surface area contributed by atoms with Crippen molar-refractivity contribution in [2.24, 2.45) is 0 Å². The van der Waals surface area contributed by atoms with Gasteiger partial charge in [0.1, 0.15) is 6.61 Å². The fourth-order valence-electron chi connectivity index (χ4n) is 1.91. The van der Waals surface area contributed by atoms with Crippen molar-refractivity contribution in [2.45, 2.75) is 24.3 Å². The van der Waals surface area contributed by atoms with E-state index in [-0.39, 0.29) is 17.5 Å². The lowest BCUT2D eigenvalue weighted by Crippen LogP contribution is -2.38. The Morgan fingerprint density at radius 1 is 1.43 bits per heavy atom. The molecule has 1 atom stereocenters. The summed E-state index contributed by atoms with van der Waals surface area (Å²) in [4.78, 5) is 0.231. The number of aliphatic hydroxyl groups excluding tert-OH is 1. The lowest BCUT2D eigenvalue weighted by molar-refractivity contribution is 0.350. The van der Waals surface area contributed by atoms with Crippen LogP contribution in [0.1, 0.15) is 18.9 Å². The van der Waals surface area contributed by atoms with Gasteiger partial charge in [0.2, 0.25) is 10.0 Å². The Morgan fingerprint density at radius 2 is 2.14 bits per heavy atom. The molecule has 6 heteroatoms. The van der Waals surface area contributed by atoms with Gasteiger partial charge >= 0.3 is 0 Å². The fourth-order valence-corrected chi connectivity index (χ4v) is 4.32. The number of nitrogens with zero attached hydrogens (tertiary/aromatic N) is 1. The van der Waals surface area contributed by atoms with Gasteiger partial charge in [-0.1, -0.05) is 24.8 Å². The molecule has 0 heterocycles. The van der Waals surface area contributed by atoms with Crippen LogP contribution in [0.3, 0.4) is 0 Å². The van der Waals surface area contributed by atoms with Crippen molar-refractivity contribution in [3.63, 3.8) is 0 Å². The normalized spacial score (nSPS) is 12.8. The maximum atomic E-state index is 12.7. The molecule has 0 aliphatic rings. The first-order valence-corrected chi connectivity index (χ1v) is 9.47. The second-order valence-corrected chi connectivity index (χ2v) is 7.43. The van der Waals surface area contributed by atoms with Crippen LogP contribution in [0.15, 0.2) is 29.2 Å². The monoisotopic (exact) mass is 327 g/mol. The van der Waals surface area contributed by atoms with Crippen LogP contribution in [0.25, 0.3) is 0 Å². The maximum absolute atomic E-state index is 12.7. The van der Waals surface area contributed by atoms with E-state index < -0.39 is 10.0 Å². The summed E-state index contributed by atoms with van der Waals surface area (Å²) < 4.78 is 26.7. The van der Waals surface area contributed by atoms with Crippen LogP contribution < -0.4 is 0 Å². The smallest absolute Gasteiger partial charge is 0.243 e. The van der Waals surface area contributed by atoms with Crippen LogP contribution in [0.4, 0.5) is 0 Å². The number of aliphatic hydroxyl groups is 1. The molecule has 116 valence electrons. The van der Waals surface area contributed by atoms with Crippen LogP contribution in [-0.2, 0) is 10.0 Å². The predicted octanol–water partition coefficient (Wildman–Crippen LogP) is 1.79. The molecule has 0 radical (unpaired) electrons. The first-order valence-electron chi connectivity index (χ1n) is 6.64. The van der Waals surface area contributed by atoms with E-state index in [2.05, 4.69) is 11.8 Å². The number of sulfonamides is 1. The number of hydrogen-bond donors (Lipinski definition) is 1. The maximum Gasteiger partial charge on any atom is 0.243 e. The summed E-state index contributed by atoms with van der Waals surface area (Å²) in [5.74, 6) is 6.01. The van der Waals surface area contributed by atoms with Crippen molar-refractivity contribution in [3.8, 4) is 11.8 Å². The molecule has 0 fully saturated rings. The van der Waals surface area contributed by atoms with Gasteiger partial charge in [0.15, 0.2) is 0 Å². The quantitative estimate of drug-likeness (QED) is 0.810. The minimum atomic E-state index is -3.53. The Bertz CT molecular complexity index is 617. The molecule has 0 aromatic heterocycles. The molecule has 1 aromatic rings. The van der Waals surface area contributed by atoms with Gasteiger partial charge in [-0.2, -0.15) is 16.1 Å². The van der Waals surface area contributed by atoms with Crippen LogP contribution >= 0.6 is 11.8 Å². The third-order valence-corrected chi connectivity index (χ3v) is 5.79. The highest BCUT2D eigenvalue weighted by atomic mass is 32.2. The zero-order valence-electron chi connectivity index (χ0n) is 12.5. The van der Waals surface area contributed by atoms with Crippen molar-refractivity contribution in [3.05, 3.63) is 29.8 Å². The molecular weight excluding hydrogens is 306 g/mol. The molecule has 1 unspecified atom stereocenters. The lowest BCUT2D eigenvalue weighted by Gasteiger charge is -2.26. The minimum absolute atomic E-state index is 0.0304. The summed E-state index contributed by atoms with van der Waals surface area (Å²) in [6.45, 7) is 1.73. The van der Waals surface area contributed by atoms with E-state index in [1.165, 1.54) is 4.31 Å². The van der Waals surface area contributed by atoms with Crippen molar-refractivity contribution >= 4 is 21.8 Å².